The predicted molar refractivity (Wildman–Crippen MR) is 108 cm³/mol. The van der Waals surface area contributed by atoms with Gasteiger partial charge < -0.3 is 15.0 Å². The Morgan fingerprint density at radius 2 is 1.75 bits per heavy atom. The van der Waals surface area contributed by atoms with E-state index in [0.717, 1.165) is 16.9 Å². The maximum atomic E-state index is 12.5. The van der Waals surface area contributed by atoms with Crippen molar-refractivity contribution in [2.75, 3.05) is 12.4 Å². The number of imidazole rings is 1. The minimum Gasteiger partial charge on any atom is -0.465 e. The standard InChI is InChI=1S/C22H23N3O3/c1-28-22(27)16-9-7-15(8-10-16)21(26)23-17-11-12-18-19(13-17)25-20(24-18)14-5-3-2-4-6-14/h7-14H,2-6H2,1H3,(H,23,26)(H,24,25). The second-order valence-electron chi connectivity index (χ2n) is 7.21. The summed E-state index contributed by atoms with van der Waals surface area (Å²) in [7, 11) is 1.33. The Morgan fingerprint density at radius 3 is 2.46 bits per heavy atom. The van der Waals surface area contributed by atoms with E-state index >= 15 is 0 Å². The fourth-order valence-electron chi connectivity index (χ4n) is 3.76. The Labute approximate surface area is 163 Å². The molecule has 6 nitrogen and oxygen atoms in total. The third-order valence-electron chi connectivity index (χ3n) is 5.32. The molecule has 0 bridgehead atoms. The number of ether oxygens (including phenoxy) is 1. The summed E-state index contributed by atoms with van der Waals surface area (Å²) in [5.41, 5.74) is 3.43. The van der Waals surface area contributed by atoms with Gasteiger partial charge in [-0.25, -0.2) is 9.78 Å². The van der Waals surface area contributed by atoms with E-state index < -0.39 is 5.97 Å². The summed E-state index contributed by atoms with van der Waals surface area (Å²) in [4.78, 5) is 32.2. The number of amides is 1. The fourth-order valence-corrected chi connectivity index (χ4v) is 3.76. The molecule has 1 saturated carbocycles. The second kappa shape index (κ2) is 7.84. The Kier molecular flexibility index (Phi) is 5.10. The fraction of sp³-hybridized carbons (Fsp3) is 0.318. The number of rotatable bonds is 4. The maximum Gasteiger partial charge on any atom is 0.337 e. The molecule has 0 radical (unpaired) electrons. The van der Waals surface area contributed by atoms with Crippen molar-refractivity contribution in [3.05, 3.63) is 59.4 Å². The van der Waals surface area contributed by atoms with Gasteiger partial charge in [-0.2, -0.15) is 0 Å². The zero-order valence-electron chi connectivity index (χ0n) is 15.8. The number of hydrogen-bond acceptors (Lipinski definition) is 4. The summed E-state index contributed by atoms with van der Waals surface area (Å²) < 4.78 is 4.67. The molecule has 0 atom stereocenters. The number of esters is 1. The topological polar surface area (TPSA) is 84.1 Å². The number of fused-ring (bicyclic) bond motifs is 1. The minimum absolute atomic E-state index is 0.234. The number of nitrogens with one attached hydrogen (secondary N) is 2. The van der Waals surface area contributed by atoms with Gasteiger partial charge in [0.05, 0.1) is 23.7 Å². The van der Waals surface area contributed by atoms with Crippen LogP contribution in [-0.2, 0) is 4.74 Å². The van der Waals surface area contributed by atoms with Crippen LogP contribution in [0.15, 0.2) is 42.5 Å². The molecule has 0 saturated heterocycles. The van der Waals surface area contributed by atoms with E-state index in [1.807, 2.05) is 18.2 Å². The molecular formula is C22H23N3O3. The zero-order valence-corrected chi connectivity index (χ0v) is 15.8. The van der Waals surface area contributed by atoms with Crippen molar-refractivity contribution < 1.29 is 14.3 Å². The second-order valence-corrected chi connectivity index (χ2v) is 7.21. The number of benzene rings is 2. The third kappa shape index (κ3) is 3.76. The van der Waals surface area contributed by atoms with Crippen molar-refractivity contribution in [2.24, 2.45) is 0 Å². The van der Waals surface area contributed by atoms with Gasteiger partial charge in [-0.3, -0.25) is 4.79 Å². The van der Waals surface area contributed by atoms with Crippen molar-refractivity contribution >= 4 is 28.6 Å². The summed E-state index contributed by atoms with van der Waals surface area (Å²) in [6.07, 6.45) is 6.21. The molecule has 0 aliphatic heterocycles. The molecule has 4 rings (SSSR count). The van der Waals surface area contributed by atoms with Crippen molar-refractivity contribution in [1.82, 2.24) is 9.97 Å². The van der Waals surface area contributed by atoms with Gasteiger partial charge in [-0.05, 0) is 55.3 Å². The van der Waals surface area contributed by atoms with Gasteiger partial charge in [0.2, 0.25) is 0 Å². The van der Waals surface area contributed by atoms with Crippen molar-refractivity contribution in [2.45, 2.75) is 38.0 Å². The molecule has 2 aromatic carbocycles. The lowest BCUT2D eigenvalue weighted by atomic mass is 9.89. The highest BCUT2D eigenvalue weighted by Gasteiger charge is 2.19. The van der Waals surface area contributed by atoms with Crippen LogP contribution in [0, 0.1) is 0 Å². The maximum absolute atomic E-state index is 12.5. The SMILES string of the molecule is COC(=O)c1ccc(C(=O)Nc2ccc3nc(C4CCCCC4)[nH]c3c2)cc1. The van der Waals surface area contributed by atoms with Crippen LogP contribution in [0.4, 0.5) is 5.69 Å². The first-order valence-corrected chi connectivity index (χ1v) is 9.63. The highest BCUT2D eigenvalue weighted by Crippen LogP contribution is 2.32. The summed E-state index contributed by atoms with van der Waals surface area (Å²) in [6.45, 7) is 0. The summed E-state index contributed by atoms with van der Waals surface area (Å²) in [5, 5.41) is 2.90. The molecule has 6 heteroatoms. The number of aromatic amines is 1. The van der Waals surface area contributed by atoms with E-state index in [1.165, 1.54) is 39.2 Å². The third-order valence-corrected chi connectivity index (χ3v) is 5.32. The van der Waals surface area contributed by atoms with Crippen LogP contribution in [0.1, 0.15) is 64.6 Å². The molecule has 1 fully saturated rings. The summed E-state index contributed by atoms with van der Waals surface area (Å²) >= 11 is 0. The highest BCUT2D eigenvalue weighted by molar-refractivity contribution is 6.05. The van der Waals surface area contributed by atoms with Gasteiger partial charge in [-0.15, -0.1) is 0 Å². The van der Waals surface area contributed by atoms with Crippen LogP contribution >= 0.6 is 0 Å². The Hall–Kier alpha value is -3.15. The lowest BCUT2D eigenvalue weighted by Gasteiger charge is -2.18. The molecule has 28 heavy (non-hydrogen) atoms. The Bertz CT molecular complexity index is 1000. The monoisotopic (exact) mass is 377 g/mol. The Balaban J connectivity index is 1.49. The number of H-pyrrole nitrogens is 1. The molecule has 3 aromatic rings. The molecule has 1 aliphatic carbocycles. The largest absolute Gasteiger partial charge is 0.465 e. The van der Waals surface area contributed by atoms with Gasteiger partial charge in [0.15, 0.2) is 0 Å². The highest BCUT2D eigenvalue weighted by atomic mass is 16.5. The van der Waals surface area contributed by atoms with Gasteiger partial charge in [0.25, 0.3) is 5.91 Å². The number of carbonyl (C=O) groups is 2. The quantitative estimate of drug-likeness (QED) is 0.648. The molecule has 1 amide bonds. The lowest BCUT2D eigenvalue weighted by Crippen LogP contribution is -2.12. The first kappa shape index (κ1) is 18.2. The van der Waals surface area contributed by atoms with E-state index in [2.05, 4.69) is 15.0 Å². The molecule has 1 heterocycles. The van der Waals surface area contributed by atoms with E-state index in [4.69, 9.17) is 4.98 Å². The molecule has 0 spiro atoms. The van der Waals surface area contributed by atoms with Gasteiger partial charge in [0, 0.05) is 17.2 Å². The van der Waals surface area contributed by atoms with Gasteiger partial charge in [-0.1, -0.05) is 19.3 Å². The van der Waals surface area contributed by atoms with Crippen LogP contribution in [0.2, 0.25) is 0 Å². The average molecular weight is 377 g/mol. The van der Waals surface area contributed by atoms with Crippen molar-refractivity contribution in [3.8, 4) is 0 Å². The van der Waals surface area contributed by atoms with Gasteiger partial charge in [0.1, 0.15) is 5.82 Å². The molecule has 1 aromatic heterocycles. The molecule has 2 N–H and O–H groups in total. The van der Waals surface area contributed by atoms with Crippen LogP contribution in [0.25, 0.3) is 11.0 Å². The lowest BCUT2D eigenvalue weighted by molar-refractivity contribution is 0.0600. The van der Waals surface area contributed by atoms with Crippen LogP contribution in [-0.4, -0.2) is 29.0 Å². The number of carbonyl (C=O) groups excluding carboxylic acids is 2. The van der Waals surface area contributed by atoms with Crippen LogP contribution in [0.3, 0.4) is 0 Å². The number of hydrogen-bond donors (Lipinski definition) is 2. The first-order valence-electron chi connectivity index (χ1n) is 9.63. The first-order chi connectivity index (χ1) is 13.6. The van der Waals surface area contributed by atoms with Crippen LogP contribution in [0.5, 0.6) is 0 Å². The number of nitrogens with zero attached hydrogens (tertiary/aromatic N) is 1. The number of aromatic nitrogens is 2. The minimum atomic E-state index is -0.426. The van der Waals surface area contributed by atoms with E-state index in [-0.39, 0.29) is 5.91 Å². The van der Waals surface area contributed by atoms with Crippen LogP contribution < -0.4 is 5.32 Å². The van der Waals surface area contributed by atoms with Crippen molar-refractivity contribution in [3.63, 3.8) is 0 Å². The summed E-state index contributed by atoms with van der Waals surface area (Å²) in [5.74, 6) is 0.900. The molecule has 144 valence electrons. The number of anilines is 1. The number of methoxy groups -OCH3 is 1. The molecule has 1 aliphatic rings. The smallest absolute Gasteiger partial charge is 0.337 e. The molecule has 0 unspecified atom stereocenters. The Morgan fingerprint density at radius 1 is 1.04 bits per heavy atom. The molecular weight excluding hydrogens is 354 g/mol. The normalized spacial score (nSPS) is 14.8. The summed E-state index contributed by atoms with van der Waals surface area (Å²) in [6, 6.07) is 12.1. The van der Waals surface area contributed by atoms with E-state index in [0.29, 0.717) is 22.7 Å². The van der Waals surface area contributed by atoms with Gasteiger partial charge >= 0.3 is 5.97 Å². The predicted octanol–water partition coefficient (Wildman–Crippen LogP) is 4.65. The zero-order chi connectivity index (χ0) is 19.5. The van der Waals surface area contributed by atoms with Crippen molar-refractivity contribution in [1.29, 1.82) is 0 Å². The average Bonchev–Trinajstić information content (AvgIpc) is 3.17. The van der Waals surface area contributed by atoms with E-state index in [9.17, 15) is 9.59 Å². The van der Waals surface area contributed by atoms with E-state index in [1.54, 1.807) is 24.3 Å².